The maximum atomic E-state index is 13.5. The maximum Gasteiger partial charge on any atom is 0.266 e. The molecular weight excluding hydrogens is 297 g/mol. The number of piperidine rings is 1. The Morgan fingerprint density at radius 3 is 2.78 bits per heavy atom. The van der Waals surface area contributed by atoms with Crippen LogP contribution in [0, 0.1) is 11.7 Å². The van der Waals surface area contributed by atoms with E-state index in [9.17, 15) is 9.18 Å². The number of halogens is 1. The fraction of sp³-hybridized carbons (Fsp3) is 0.412. The van der Waals surface area contributed by atoms with E-state index in [1.165, 1.54) is 12.3 Å². The molecule has 0 atom stereocenters. The van der Waals surface area contributed by atoms with Crippen molar-refractivity contribution in [3.05, 3.63) is 58.5 Å². The highest BCUT2D eigenvalue weighted by molar-refractivity contribution is 5.23. The highest BCUT2D eigenvalue weighted by atomic mass is 19.1. The number of benzene rings is 1. The predicted octanol–water partition coefficient (Wildman–Crippen LogP) is 2.20. The van der Waals surface area contributed by atoms with Gasteiger partial charge >= 0.3 is 0 Å². The first-order chi connectivity index (χ1) is 11.2. The van der Waals surface area contributed by atoms with Gasteiger partial charge in [-0.15, -0.1) is 0 Å². The fourth-order valence-corrected chi connectivity index (χ4v) is 2.82. The first-order valence-corrected chi connectivity index (χ1v) is 7.83. The zero-order valence-corrected chi connectivity index (χ0v) is 12.9. The Balaban J connectivity index is 1.45. The van der Waals surface area contributed by atoms with Crippen LogP contribution in [0.5, 0.6) is 5.75 Å². The molecule has 3 rings (SSSR count). The van der Waals surface area contributed by atoms with Crippen LogP contribution in [0.4, 0.5) is 4.39 Å². The predicted molar refractivity (Wildman–Crippen MR) is 84.8 cm³/mol. The van der Waals surface area contributed by atoms with Gasteiger partial charge in [0.25, 0.3) is 5.56 Å². The van der Waals surface area contributed by atoms with Crippen LogP contribution in [0.3, 0.4) is 0 Å². The molecule has 1 aliphatic rings. The van der Waals surface area contributed by atoms with Crippen LogP contribution in [0.1, 0.15) is 18.5 Å². The number of aromatic nitrogens is 2. The maximum absolute atomic E-state index is 13.5. The van der Waals surface area contributed by atoms with E-state index in [1.54, 1.807) is 24.4 Å². The number of hydrogen-bond donors (Lipinski definition) is 1. The SMILES string of the molecule is O=c1cncc(CN2CCC(COc3ccccc3F)CC2)[nH]1. The minimum absolute atomic E-state index is 0.171. The van der Waals surface area contributed by atoms with Crippen molar-refractivity contribution in [2.45, 2.75) is 19.4 Å². The molecule has 0 saturated carbocycles. The zero-order valence-electron chi connectivity index (χ0n) is 12.9. The van der Waals surface area contributed by atoms with Gasteiger partial charge in [0.05, 0.1) is 18.5 Å². The average Bonchev–Trinajstić information content (AvgIpc) is 2.56. The van der Waals surface area contributed by atoms with Crippen LogP contribution < -0.4 is 10.3 Å². The van der Waals surface area contributed by atoms with Gasteiger partial charge in [0.2, 0.25) is 0 Å². The summed E-state index contributed by atoms with van der Waals surface area (Å²) >= 11 is 0. The van der Waals surface area contributed by atoms with Gasteiger partial charge in [0.15, 0.2) is 11.6 Å². The van der Waals surface area contributed by atoms with Crippen molar-refractivity contribution < 1.29 is 9.13 Å². The van der Waals surface area contributed by atoms with E-state index in [1.807, 2.05) is 0 Å². The fourth-order valence-electron chi connectivity index (χ4n) is 2.82. The number of para-hydroxylation sites is 1. The van der Waals surface area contributed by atoms with Crippen molar-refractivity contribution in [2.24, 2.45) is 5.92 Å². The highest BCUT2D eigenvalue weighted by Gasteiger charge is 2.20. The van der Waals surface area contributed by atoms with Gasteiger partial charge in [-0.25, -0.2) is 4.39 Å². The van der Waals surface area contributed by atoms with E-state index in [0.717, 1.165) is 31.6 Å². The van der Waals surface area contributed by atoms with Crippen molar-refractivity contribution in [2.75, 3.05) is 19.7 Å². The molecule has 0 radical (unpaired) electrons. The Hall–Kier alpha value is -2.21. The number of likely N-dealkylation sites (tertiary alicyclic amines) is 1. The Morgan fingerprint density at radius 1 is 1.26 bits per heavy atom. The normalized spacial score (nSPS) is 16.4. The molecular formula is C17H20FN3O2. The first-order valence-electron chi connectivity index (χ1n) is 7.83. The minimum Gasteiger partial charge on any atom is -0.490 e. The quantitative estimate of drug-likeness (QED) is 0.918. The molecule has 1 aliphatic heterocycles. The monoisotopic (exact) mass is 317 g/mol. The molecule has 0 unspecified atom stereocenters. The molecule has 2 aromatic rings. The Bertz CT molecular complexity index is 696. The van der Waals surface area contributed by atoms with Gasteiger partial charge in [0, 0.05) is 12.7 Å². The summed E-state index contributed by atoms with van der Waals surface area (Å²) in [5.41, 5.74) is 0.661. The molecule has 1 fully saturated rings. The molecule has 0 spiro atoms. The van der Waals surface area contributed by atoms with Crippen molar-refractivity contribution in [3.63, 3.8) is 0 Å². The topological polar surface area (TPSA) is 58.2 Å². The lowest BCUT2D eigenvalue weighted by molar-refractivity contribution is 0.133. The number of nitrogens with zero attached hydrogens (tertiary/aromatic N) is 2. The molecule has 0 amide bonds. The molecule has 0 bridgehead atoms. The van der Waals surface area contributed by atoms with Crippen LogP contribution in [-0.4, -0.2) is 34.6 Å². The van der Waals surface area contributed by atoms with Crippen molar-refractivity contribution in [3.8, 4) is 5.75 Å². The third-order valence-electron chi connectivity index (χ3n) is 4.12. The molecule has 1 N–H and O–H groups in total. The van der Waals surface area contributed by atoms with Crippen LogP contribution in [0.25, 0.3) is 0 Å². The largest absolute Gasteiger partial charge is 0.490 e. The van der Waals surface area contributed by atoms with Crippen LogP contribution in [0.15, 0.2) is 41.5 Å². The van der Waals surface area contributed by atoms with Crippen molar-refractivity contribution in [1.82, 2.24) is 14.9 Å². The van der Waals surface area contributed by atoms with Gasteiger partial charge in [-0.1, -0.05) is 12.1 Å². The van der Waals surface area contributed by atoms with Gasteiger partial charge in [0.1, 0.15) is 0 Å². The zero-order chi connectivity index (χ0) is 16.1. The summed E-state index contributed by atoms with van der Waals surface area (Å²) in [6, 6.07) is 6.49. The number of H-pyrrole nitrogens is 1. The van der Waals surface area contributed by atoms with E-state index >= 15 is 0 Å². The summed E-state index contributed by atoms with van der Waals surface area (Å²) in [7, 11) is 0. The third-order valence-corrected chi connectivity index (χ3v) is 4.12. The molecule has 1 aromatic carbocycles. The summed E-state index contributed by atoms with van der Waals surface area (Å²) in [6.07, 6.45) is 4.96. The lowest BCUT2D eigenvalue weighted by atomic mass is 9.98. The van der Waals surface area contributed by atoms with Gasteiger partial charge in [-0.2, -0.15) is 0 Å². The lowest BCUT2D eigenvalue weighted by Crippen LogP contribution is -2.35. The molecule has 1 aromatic heterocycles. The van der Waals surface area contributed by atoms with Crippen molar-refractivity contribution >= 4 is 0 Å². The van der Waals surface area contributed by atoms with Crippen molar-refractivity contribution in [1.29, 1.82) is 0 Å². The summed E-state index contributed by atoms with van der Waals surface area (Å²) in [6.45, 7) is 3.10. The van der Waals surface area contributed by atoms with Crippen LogP contribution in [0.2, 0.25) is 0 Å². The summed E-state index contributed by atoms with van der Waals surface area (Å²) < 4.78 is 19.1. The smallest absolute Gasteiger partial charge is 0.266 e. The van der Waals surface area contributed by atoms with Gasteiger partial charge in [-0.3, -0.25) is 14.7 Å². The summed E-state index contributed by atoms with van der Waals surface area (Å²) in [4.78, 5) is 20.2. The standard InChI is InChI=1S/C17H20FN3O2/c18-15-3-1-2-4-16(15)23-12-13-5-7-21(8-6-13)11-14-9-19-10-17(22)20-14/h1-4,9-10,13H,5-8,11-12H2,(H,20,22). The lowest BCUT2D eigenvalue weighted by Gasteiger charge is -2.31. The number of nitrogens with one attached hydrogen (secondary N) is 1. The van der Waals surface area contributed by atoms with E-state index < -0.39 is 0 Å². The number of aromatic amines is 1. The summed E-state index contributed by atoms with van der Waals surface area (Å²) in [5, 5.41) is 0. The Morgan fingerprint density at radius 2 is 2.04 bits per heavy atom. The second kappa shape index (κ2) is 7.37. The Kier molecular flexibility index (Phi) is 5.02. The van der Waals surface area contributed by atoms with E-state index in [2.05, 4.69) is 14.9 Å². The highest BCUT2D eigenvalue weighted by Crippen LogP contribution is 2.21. The van der Waals surface area contributed by atoms with Gasteiger partial charge < -0.3 is 9.72 Å². The molecule has 0 aliphatic carbocycles. The molecule has 6 heteroatoms. The van der Waals surface area contributed by atoms with Crippen LogP contribution >= 0.6 is 0 Å². The van der Waals surface area contributed by atoms with E-state index in [-0.39, 0.29) is 11.4 Å². The number of rotatable bonds is 5. The first kappa shape index (κ1) is 15.7. The van der Waals surface area contributed by atoms with E-state index in [0.29, 0.717) is 24.8 Å². The Labute approximate surface area is 134 Å². The minimum atomic E-state index is -0.314. The van der Waals surface area contributed by atoms with E-state index in [4.69, 9.17) is 4.74 Å². The molecule has 122 valence electrons. The average molecular weight is 317 g/mol. The summed E-state index contributed by atoms with van der Waals surface area (Å²) in [5.74, 6) is 0.437. The van der Waals surface area contributed by atoms with Crippen LogP contribution in [-0.2, 0) is 6.54 Å². The van der Waals surface area contributed by atoms with Gasteiger partial charge in [-0.05, 0) is 44.0 Å². The third kappa shape index (κ3) is 4.39. The second-order valence-electron chi connectivity index (χ2n) is 5.88. The second-order valence-corrected chi connectivity index (χ2v) is 5.88. The number of ether oxygens (including phenoxy) is 1. The molecule has 23 heavy (non-hydrogen) atoms. The molecule has 1 saturated heterocycles. The molecule has 5 nitrogen and oxygen atoms in total. The molecule has 2 heterocycles. The number of hydrogen-bond acceptors (Lipinski definition) is 4.